The summed E-state index contributed by atoms with van der Waals surface area (Å²) in [6, 6.07) is 4.11. The number of aromatic hydroxyl groups is 1. The largest absolute Gasteiger partial charge is 0.508 e. The maximum Gasteiger partial charge on any atom is 0.239 e. The number of rotatable bonds is 12. The number of benzene rings is 1. The van der Waals surface area contributed by atoms with Gasteiger partial charge >= 0.3 is 0 Å². The monoisotopic (exact) mass is 365 g/mol. The SMILES string of the molecule is CC(C)C[C@@H](C=O)NN[C@@H](Cc1ccc(O)cc1)C(=O)N[C@H](C=O)CO. The van der Waals surface area contributed by atoms with E-state index in [0.717, 1.165) is 11.8 Å². The molecule has 0 aromatic heterocycles. The molecule has 0 fully saturated rings. The van der Waals surface area contributed by atoms with Crippen molar-refractivity contribution >= 4 is 18.5 Å². The zero-order valence-electron chi connectivity index (χ0n) is 15.0. The maximum atomic E-state index is 12.4. The second kappa shape index (κ2) is 11.3. The van der Waals surface area contributed by atoms with Crippen molar-refractivity contribution in [1.82, 2.24) is 16.2 Å². The van der Waals surface area contributed by atoms with E-state index in [4.69, 9.17) is 5.11 Å². The van der Waals surface area contributed by atoms with Gasteiger partial charge in [-0.3, -0.25) is 4.79 Å². The number of phenolic OH excluding ortho intramolecular Hbond substituents is 1. The Bertz CT molecular complexity index is 577. The van der Waals surface area contributed by atoms with Gasteiger partial charge in [0, 0.05) is 0 Å². The van der Waals surface area contributed by atoms with E-state index in [1.807, 2.05) is 13.8 Å². The Balaban J connectivity index is 2.82. The first kappa shape index (κ1) is 21.8. The average Bonchev–Trinajstić information content (AvgIpc) is 2.62. The highest BCUT2D eigenvalue weighted by Gasteiger charge is 2.22. The molecule has 8 heteroatoms. The summed E-state index contributed by atoms with van der Waals surface area (Å²) in [5.74, 6) is -0.0938. The number of hydrogen-bond donors (Lipinski definition) is 5. The smallest absolute Gasteiger partial charge is 0.239 e. The lowest BCUT2D eigenvalue weighted by Crippen LogP contribution is -2.56. The Morgan fingerprint density at radius 3 is 2.19 bits per heavy atom. The fourth-order valence-electron chi connectivity index (χ4n) is 2.35. The van der Waals surface area contributed by atoms with Crippen LogP contribution in [0.3, 0.4) is 0 Å². The van der Waals surface area contributed by atoms with Crippen LogP contribution in [0.15, 0.2) is 24.3 Å². The minimum absolute atomic E-state index is 0.111. The summed E-state index contributed by atoms with van der Waals surface area (Å²) in [7, 11) is 0. The van der Waals surface area contributed by atoms with Crippen LogP contribution in [-0.4, -0.2) is 53.4 Å². The number of aliphatic hydroxyl groups excluding tert-OH is 1. The van der Waals surface area contributed by atoms with Crippen molar-refractivity contribution in [3.63, 3.8) is 0 Å². The van der Waals surface area contributed by atoms with Gasteiger partial charge in [-0.25, -0.2) is 10.9 Å². The van der Waals surface area contributed by atoms with Gasteiger partial charge in [-0.15, -0.1) is 0 Å². The molecule has 0 bridgehead atoms. The predicted molar refractivity (Wildman–Crippen MR) is 96.3 cm³/mol. The molecule has 1 amide bonds. The van der Waals surface area contributed by atoms with Gasteiger partial charge in [-0.1, -0.05) is 26.0 Å². The molecule has 1 aromatic rings. The molecule has 0 saturated carbocycles. The first-order chi connectivity index (χ1) is 12.4. The Morgan fingerprint density at radius 2 is 1.69 bits per heavy atom. The molecule has 1 aromatic carbocycles. The molecular formula is C18H27N3O5. The first-order valence-corrected chi connectivity index (χ1v) is 8.50. The topological polar surface area (TPSA) is 128 Å². The molecule has 0 aliphatic carbocycles. The van der Waals surface area contributed by atoms with E-state index in [9.17, 15) is 19.5 Å². The third-order valence-corrected chi connectivity index (χ3v) is 3.71. The van der Waals surface area contributed by atoms with E-state index in [0.29, 0.717) is 12.7 Å². The van der Waals surface area contributed by atoms with Crippen molar-refractivity contribution in [2.24, 2.45) is 5.92 Å². The molecule has 0 heterocycles. The minimum Gasteiger partial charge on any atom is -0.508 e. The second-order valence-electron chi connectivity index (χ2n) is 6.52. The molecule has 144 valence electrons. The van der Waals surface area contributed by atoms with E-state index >= 15 is 0 Å². The van der Waals surface area contributed by atoms with E-state index < -0.39 is 30.6 Å². The first-order valence-electron chi connectivity index (χ1n) is 8.50. The van der Waals surface area contributed by atoms with Crippen LogP contribution < -0.4 is 16.2 Å². The summed E-state index contributed by atoms with van der Waals surface area (Å²) < 4.78 is 0. The number of aliphatic hydroxyl groups is 1. The van der Waals surface area contributed by atoms with Crippen LogP contribution in [0.5, 0.6) is 5.75 Å². The molecule has 5 N–H and O–H groups in total. The summed E-state index contributed by atoms with van der Waals surface area (Å²) >= 11 is 0. The summed E-state index contributed by atoms with van der Waals surface area (Å²) in [6.45, 7) is 3.46. The lowest BCUT2D eigenvalue weighted by Gasteiger charge is -2.23. The fraction of sp³-hybridized carbons (Fsp3) is 0.500. The minimum atomic E-state index is -0.996. The maximum absolute atomic E-state index is 12.4. The van der Waals surface area contributed by atoms with Gasteiger partial charge in [0.15, 0.2) is 0 Å². The average molecular weight is 365 g/mol. The van der Waals surface area contributed by atoms with Crippen LogP contribution in [-0.2, 0) is 20.8 Å². The van der Waals surface area contributed by atoms with Gasteiger partial charge in [0.2, 0.25) is 5.91 Å². The molecule has 0 aliphatic heterocycles. The van der Waals surface area contributed by atoms with Gasteiger partial charge in [0.05, 0.1) is 12.6 Å². The number of amides is 1. The van der Waals surface area contributed by atoms with E-state index in [1.165, 1.54) is 12.1 Å². The molecule has 8 nitrogen and oxygen atoms in total. The Hall–Kier alpha value is -2.29. The number of aldehydes is 2. The van der Waals surface area contributed by atoms with Crippen LogP contribution in [0, 0.1) is 5.92 Å². The summed E-state index contributed by atoms with van der Waals surface area (Å²) in [5.41, 5.74) is 6.46. The lowest BCUT2D eigenvalue weighted by molar-refractivity contribution is -0.126. The van der Waals surface area contributed by atoms with Crippen molar-refractivity contribution in [1.29, 1.82) is 0 Å². The fourth-order valence-corrected chi connectivity index (χ4v) is 2.35. The van der Waals surface area contributed by atoms with E-state index in [2.05, 4.69) is 16.2 Å². The van der Waals surface area contributed by atoms with Crippen LogP contribution in [0.1, 0.15) is 25.8 Å². The Labute approximate surface area is 153 Å². The van der Waals surface area contributed by atoms with Crippen molar-refractivity contribution < 1.29 is 24.6 Å². The zero-order chi connectivity index (χ0) is 19.5. The number of carbonyl (C=O) groups is 3. The van der Waals surface area contributed by atoms with Crippen LogP contribution >= 0.6 is 0 Å². The Kier molecular flexibility index (Phi) is 9.50. The summed E-state index contributed by atoms with van der Waals surface area (Å²) in [5, 5.41) is 20.9. The van der Waals surface area contributed by atoms with Gasteiger partial charge in [0.25, 0.3) is 0 Å². The molecule has 3 atom stereocenters. The van der Waals surface area contributed by atoms with E-state index in [1.54, 1.807) is 12.1 Å². The van der Waals surface area contributed by atoms with Gasteiger partial charge in [-0.2, -0.15) is 0 Å². The van der Waals surface area contributed by atoms with Crippen molar-refractivity contribution in [3.05, 3.63) is 29.8 Å². The third-order valence-electron chi connectivity index (χ3n) is 3.71. The number of hydrazine groups is 1. The highest BCUT2D eigenvalue weighted by molar-refractivity contribution is 5.84. The summed E-state index contributed by atoms with van der Waals surface area (Å²) in [6.07, 6.45) is 2.07. The lowest BCUT2D eigenvalue weighted by atomic mass is 10.0. The quantitative estimate of drug-likeness (QED) is 0.254. The molecule has 0 aliphatic rings. The van der Waals surface area contributed by atoms with Crippen LogP contribution in [0.2, 0.25) is 0 Å². The van der Waals surface area contributed by atoms with Gasteiger partial charge in [0.1, 0.15) is 30.4 Å². The normalized spacial score (nSPS) is 14.5. The molecule has 0 saturated heterocycles. The molecular weight excluding hydrogens is 338 g/mol. The van der Waals surface area contributed by atoms with Gasteiger partial charge in [-0.05, 0) is 36.5 Å². The van der Waals surface area contributed by atoms with Crippen molar-refractivity contribution in [2.75, 3.05) is 6.61 Å². The number of nitrogens with one attached hydrogen (secondary N) is 3. The standard InChI is InChI=1S/C18H27N3O5/c1-12(2)7-14(9-22)20-21-17(18(26)19-15(10-23)11-24)8-13-3-5-16(25)6-4-13/h3-6,9-10,12,14-15,17,20-21,24-25H,7-8,11H2,1-2H3,(H,19,26)/t14-,15+,17-/m0/s1. The van der Waals surface area contributed by atoms with Crippen molar-refractivity contribution in [2.45, 2.75) is 44.8 Å². The molecule has 0 unspecified atom stereocenters. The highest BCUT2D eigenvalue weighted by atomic mass is 16.3. The molecule has 1 rings (SSSR count). The second-order valence-corrected chi connectivity index (χ2v) is 6.52. The molecule has 0 spiro atoms. The molecule has 26 heavy (non-hydrogen) atoms. The third kappa shape index (κ3) is 7.73. The highest BCUT2D eigenvalue weighted by Crippen LogP contribution is 2.11. The number of phenols is 1. The number of hydrogen-bond acceptors (Lipinski definition) is 7. The van der Waals surface area contributed by atoms with Crippen LogP contribution in [0.4, 0.5) is 0 Å². The Morgan fingerprint density at radius 1 is 1.08 bits per heavy atom. The number of carbonyl (C=O) groups excluding carboxylic acids is 3. The van der Waals surface area contributed by atoms with E-state index in [-0.39, 0.29) is 18.1 Å². The zero-order valence-corrected chi connectivity index (χ0v) is 15.0. The molecule has 0 radical (unpaired) electrons. The summed E-state index contributed by atoms with van der Waals surface area (Å²) in [4.78, 5) is 34.5. The predicted octanol–water partition coefficient (Wildman–Crippen LogP) is -0.313. The van der Waals surface area contributed by atoms with Gasteiger partial charge < -0.3 is 25.1 Å². The van der Waals surface area contributed by atoms with Crippen molar-refractivity contribution in [3.8, 4) is 5.75 Å². The van der Waals surface area contributed by atoms with Crippen LogP contribution in [0.25, 0.3) is 0 Å².